The van der Waals surface area contributed by atoms with Crippen LogP contribution in [-0.4, -0.2) is 144 Å². The lowest BCUT2D eigenvalue weighted by atomic mass is 10.9. The third-order valence-corrected chi connectivity index (χ3v) is 33.0. The van der Waals surface area contributed by atoms with Crippen molar-refractivity contribution in [2.75, 3.05) is 83.7 Å². The van der Waals surface area contributed by atoms with Crippen LogP contribution < -0.4 is 5.32 Å². The summed E-state index contributed by atoms with van der Waals surface area (Å²) in [4.78, 5) is 0. The van der Waals surface area contributed by atoms with Crippen LogP contribution in [0.25, 0.3) is 0 Å². The Morgan fingerprint density at radius 1 is 0.457 bits per heavy atom. The molecular weight excluding hydrogens is 762 g/mol. The summed E-state index contributed by atoms with van der Waals surface area (Å²) in [5.74, 6) is 0. The van der Waals surface area contributed by atoms with E-state index in [9.17, 15) is 0 Å². The van der Waals surface area contributed by atoms with Crippen LogP contribution in [0.1, 0.15) is 64.3 Å². The second-order valence-corrected chi connectivity index (χ2v) is 43.8. The first-order valence-corrected chi connectivity index (χ1v) is 33.1. The lowest BCUT2D eigenvalue weighted by molar-refractivity contribution is 0.497. The van der Waals surface area contributed by atoms with Crippen molar-refractivity contribution in [3.8, 4) is 0 Å². The van der Waals surface area contributed by atoms with Gasteiger partial charge in [0.1, 0.15) is 0 Å². The van der Waals surface area contributed by atoms with Crippen LogP contribution >= 0.6 is 55.4 Å². The van der Waals surface area contributed by atoms with E-state index in [0.29, 0.717) is 0 Å². The molecule has 0 aromatic rings. The largest absolute Gasteiger partial charge is 0.320 e. The van der Waals surface area contributed by atoms with Gasteiger partial charge < -0.3 is 28.1 Å². The predicted molar refractivity (Wildman–Crippen MR) is 243 cm³/mol. The molecule has 0 saturated carbocycles. The monoisotopic (exact) mass is 848 g/mol. The molecule has 0 radical (unpaired) electrons. The van der Waals surface area contributed by atoms with Gasteiger partial charge >= 0.3 is 15.4 Å². The van der Waals surface area contributed by atoms with Gasteiger partial charge in [0.15, 0.2) is 14.8 Å². The summed E-state index contributed by atoms with van der Waals surface area (Å²) in [5.41, 5.74) is 0. The molecule has 46 heavy (non-hydrogen) atoms. The maximum Gasteiger partial charge on any atom is 0.320 e. The zero-order chi connectivity index (χ0) is 35.3. The molecule has 16 heteroatoms. The number of hydrogen-bond acceptors (Lipinski definition) is 6. The van der Waals surface area contributed by atoms with Gasteiger partial charge in [0.25, 0.3) is 0 Å². The summed E-state index contributed by atoms with van der Waals surface area (Å²) in [6, 6.07) is 6.07. The normalized spacial score (nSPS) is 11.6. The SMILES string of the molecule is C.C.C.C.CC[Si](C)(Cl)CC.CC[Si](Cl)(CC)CC.CN(C)[Si](C)(C)Cl.CN(C)[Si](C)(Cl)N(C)C.CNC[Si](Cl)(N(C)C)N(C)C. The van der Waals surface area contributed by atoms with Gasteiger partial charge in [-0.15, -0.1) is 33.2 Å². The average molecular weight is 852 g/mol. The summed E-state index contributed by atoms with van der Waals surface area (Å²) in [6.07, 6.45) is 0.870. The number of nitrogens with one attached hydrogen (secondary N) is 1. The summed E-state index contributed by atoms with van der Waals surface area (Å²) < 4.78 is 10.5. The summed E-state index contributed by atoms with van der Waals surface area (Å²) in [6.45, 7) is 19.4. The van der Waals surface area contributed by atoms with E-state index in [-0.39, 0.29) is 29.7 Å². The zero-order valence-electron chi connectivity index (χ0n) is 31.4. The molecule has 0 spiro atoms. The lowest BCUT2D eigenvalue weighted by Crippen LogP contribution is -2.62. The van der Waals surface area contributed by atoms with Gasteiger partial charge in [-0.05, 0) is 127 Å². The Balaban J connectivity index is -0.0000000525. The lowest BCUT2D eigenvalue weighted by Gasteiger charge is -2.36. The average Bonchev–Trinajstić information content (AvgIpc) is 2.88. The van der Waals surface area contributed by atoms with E-state index in [1.165, 1.54) is 30.2 Å². The Hall–Kier alpha value is 2.29. The number of rotatable bonds is 12. The smallest absolute Gasteiger partial charge is 0.319 e. The summed E-state index contributed by atoms with van der Waals surface area (Å²) in [5, 5.41) is 3.12. The molecule has 0 heterocycles. The van der Waals surface area contributed by atoms with Crippen molar-refractivity contribution in [2.45, 2.75) is 121 Å². The fraction of sp³-hybridized carbons (Fsp3) is 1.00. The van der Waals surface area contributed by atoms with Gasteiger partial charge in [0.05, 0.1) is 0 Å². The maximum atomic E-state index is 6.44. The van der Waals surface area contributed by atoms with Gasteiger partial charge in [-0.2, -0.15) is 22.2 Å². The van der Waals surface area contributed by atoms with Gasteiger partial charge in [-0.1, -0.05) is 70.9 Å². The van der Waals surface area contributed by atoms with Gasteiger partial charge in [0, 0.05) is 6.17 Å². The zero-order valence-corrected chi connectivity index (χ0v) is 40.1. The van der Waals surface area contributed by atoms with E-state index >= 15 is 0 Å². The van der Waals surface area contributed by atoms with Crippen LogP contribution in [0.2, 0.25) is 56.4 Å². The van der Waals surface area contributed by atoms with E-state index in [0.717, 1.165) is 6.17 Å². The molecule has 0 unspecified atom stereocenters. The molecular formula is C30H89Cl5N6Si5. The minimum Gasteiger partial charge on any atom is -0.319 e. The number of halogens is 5. The summed E-state index contributed by atoms with van der Waals surface area (Å²) >= 11 is 30.8. The number of hydrogen-bond donors (Lipinski definition) is 1. The molecule has 0 aromatic heterocycles. The first-order chi connectivity index (χ1) is 18.6. The second-order valence-electron chi connectivity index (χ2n) is 12.4. The van der Waals surface area contributed by atoms with Crippen molar-refractivity contribution < 1.29 is 0 Å². The highest BCUT2D eigenvalue weighted by atomic mass is 35.6. The van der Waals surface area contributed by atoms with Crippen LogP contribution in [-0.2, 0) is 0 Å². The van der Waals surface area contributed by atoms with E-state index in [2.05, 4.69) is 89.0 Å². The van der Waals surface area contributed by atoms with Crippen molar-refractivity contribution in [3.63, 3.8) is 0 Å². The standard InChI is InChI=1S/C6H18ClN3Si.C6H15ClSi.C5H15ClN2Si.C5H13ClSi.C4H12ClNSi.4CH4/c1-8-6-11(7,9(2)3)10(4)5;1-4-8(7,5-2)6-3;1-7(2)9(5,6)8(3)4;1-4-7(3,6)5-2;1-6(2)7(3,4)5;;;;/h8H,6H2,1-5H3;4-6H2,1-3H3;1-5H3;4-5H2,1-3H3;1-4H3;4*1H4. The van der Waals surface area contributed by atoms with Crippen molar-refractivity contribution in [3.05, 3.63) is 0 Å². The van der Waals surface area contributed by atoms with E-state index < -0.39 is 37.7 Å². The number of nitrogens with zero attached hydrogens (tertiary/aromatic N) is 5. The molecule has 1 N–H and O–H groups in total. The molecule has 0 amide bonds. The van der Waals surface area contributed by atoms with Crippen LogP contribution in [0.3, 0.4) is 0 Å². The molecule has 0 aliphatic rings. The molecule has 0 fully saturated rings. The fourth-order valence-electron chi connectivity index (χ4n) is 2.34. The molecule has 0 saturated heterocycles. The molecule has 0 aliphatic heterocycles. The van der Waals surface area contributed by atoms with Crippen LogP contribution in [0.5, 0.6) is 0 Å². The van der Waals surface area contributed by atoms with Crippen molar-refractivity contribution in [2.24, 2.45) is 0 Å². The highest BCUT2D eigenvalue weighted by molar-refractivity contribution is 7.20. The Kier molecular flexibility index (Phi) is 52.3. The quantitative estimate of drug-likeness (QED) is 0.155. The van der Waals surface area contributed by atoms with E-state index in [1.807, 2.05) is 77.5 Å². The molecule has 0 rings (SSSR count). The molecule has 6 nitrogen and oxygen atoms in total. The van der Waals surface area contributed by atoms with Gasteiger partial charge in [-0.3, -0.25) is 0 Å². The predicted octanol–water partition coefficient (Wildman–Crippen LogP) is 11.1. The molecule has 0 aromatic carbocycles. The van der Waals surface area contributed by atoms with Crippen LogP contribution in [0.4, 0.5) is 0 Å². The molecule has 0 aliphatic carbocycles. The van der Waals surface area contributed by atoms with Crippen molar-refractivity contribution in [1.82, 2.24) is 28.1 Å². The highest BCUT2D eigenvalue weighted by Gasteiger charge is 2.36. The van der Waals surface area contributed by atoms with Gasteiger partial charge in [-0.25, -0.2) is 0 Å². The van der Waals surface area contributed by atoms with Crippen LogP contribution in [0.15, 0.2) is 0 Å². The van der Waals surface area contributed by atoms with E-state index in [1.54, 1.807) is 0 Å². The fourth-order valence-corrected chi connectivity index (χ4v) is 7.42. The molecule has 0 atom stereocenters. The maximum absolute atomic E-state index is 6.44. The molecule has 0 bridgehead atoms. The highest BCUT2D eigenvalue weighted by Crippen LogP contribution is 2.23. The second kappa shape index (κ2) is 34.4. The Bertz CT molecular complexity index is 590. The van der Waals surface area contributed by atoms with Crippen molar-refractivity contribution >= 4 is 93.1 Å². The third-order valence-electron chi connectivity index (χ3n) is 7.84. The first kappa shape index (κ1) is 70.0. The molecule has 294 valence electrons. The van der Waals surface area contributed by atoms with Gasteiger partial charge in [0.2, 0.25) is 7.55 Å². The Morgan fingerprint density at radius 2 is 0.696 bits per heavy atom. The Labute approximate surface area is 323 Å². The van der Waals surface area contributed by atoms with Crippen LogP contribution in [0, 0.1) is 0 Å². The topological polar surface area (TPSA) is 28.2 Å². The summed E-state index contributed by atoms with van der Waals surface area (Å²) in [7, 11) is 14.7. The minimum atomic E-state index is -1.88. The minimum absolute atomic E-state index is 0. The van der Waals surface area contributed by atoms with Crippen molar-refractivity contribution in [1.29, 1.82) is 0 Å². The first-order valence-electron chi connectivity index (χ1n) is 15.0. The van der Waals surface area contributed by atoms with E-state index in [4.69, 9.17) is 55.4 Å². The Morgan fingerprint density at radius 3 is 0.717 bits per heavy atom. The third kappa shape index (κ3) is 36.1.